The van der Waals surface area contributed by atoms with E-state index < -0.39 is 74.7 Å². The molecule has 0 spiro atoms. The fourth-order valence-corrected chi connectivity index (χ4v) is 8.10. The summed E-state index contributed by atoms with van der Waals surface area (Å²) in [6, 6.07) is -4.18. The van der Waals surface area contributed by atoms with Gasteiger partial charge in [0.25, 0.3) is 16.1 Å². The standard InChI is InChI=1S/C35H61N7O7S/c1-11-16-36-31(45)28(43)25(20-23-13-14-23)37-30(44)27-24(22(2)3)15-19-42(27)32(46)29(35(7,8)9)39-33(47)38-26(34(4,5)6)21-41-18-12-17-40(10)50(41,48)49/h11,22-27,29H,1,12-21H2,2-10H3,(H,36,45)(H,37,44)(H2,38,39,47)/t24-,25?,26-,27+,29-/m1/s1. The van der Waals surface area contributed by atoms with Crippen molar-refractivity contribution in [3.8, 4) is 0 Å². The van der Waals surface area contributed by atoms with Gasteiger partial charge < -0.3 is 26.2 Å². The second-order valence-corrected chi connectivity index (χ2v) is 18.7. The Labute approximate surface area is 299 Å². The molecule has 1 unspecified atom stereocenters. The van der Waals surface area contributed by atoms with Crippen molar-refractivity contribution in [3.63, 3.8) is 0 Å². The van der Waals surface area contributed by atoms with Crippen molar-refractivity contribution in [3.05, 3.63) is 12.7 Å². The van der Waals surface area contributed by atoms with Crippen molar-refractivity contribution < 1.29 is 32.4 Å². The van der Waals surface area contributed by atoms with Crippen molar-refractivity contribution in [2.45, 2.75) is 112 Å². The lowest BCUT2D eigenvalue weighted by Gasteiger charge is -2.40. The van der Waals surface area contributed by atoms with Crippen molar-refractivity contribution in [2.75, 3.05) is 39.8 Å². The highest BCUT2D eigenvalue weighted by Gasteiger charge is 2.48. The van der Waals surface area contributed by atoms with Gasteiger partial charge in [0.15, 0.2) is 0 Å². The number of hydrogen-bond donors (Lipinski definition) is 4. The second kappa shape index (κ2) is 16.5. The molecule has 1 saturated carbocycles. The molecule has 15 heteroatoms. The van der Waals surface area contributed by atoms with Crippen LogP contribution in [0.1, 0.15) is 87.5 Å². The van der Waals surface area contributed by atoms with Crippen molar-refractivity contribution in [1.82, 2.24) is 34.8 Å². The first-order chi connectivity index (χ1) is 23.1. The molecule has 2 aliphatic heterocycles. The molecule has 2 saturated heterocycles. The number of amides is 5. The van der Waals surface area contributed by atoms with Crippen LogP contribution in [-0.4, -0.2) is 115 Å². The van der Waals surface area contributed by atoms with Crippen LogP contribution in [-0.2, 0) is 29.4 Å². The molecule has 3 aliphatic rings. The predicted molar refractivity (Wildman–Crippen MR) is 192 cm³/mol. The van der Waals surface area contributed by atoms with E-state index in [1.807, 2.05) is 55.4 Å². The molecule has 1 aliphatic carbocycles. The van der Waals surface area contributed by atoms with Gasteiger partial charge in [0, 0.05) is 45.8 Å². The quantitative estimate of drug-likeness (QED) is 0.157. The van der Waals surface area contributed by atoms with Gasteiger partial charge in [0.1, 0.15) is 12.1 Å². The Morgan fingerprint density at radius 2 is 1.54 bits per heavy atom. The molecule has 14 nitrogen and oxygen atoms in total. The number of ketones is 1. The van der Waals surface area contributed by atoms with Crippen molar-refractivity contribution in [1.29, 1.82) is 0 Å². The third-order valence-corrected chi connectivity index (χ3v) is 12.1. The van der Waals surface area contributed by atoms with Gasteiger partial charge in [0.2, 0.25) is 17.6 Å². The molecular formula is C35H61N7O7S. The van der Waals surface area contributed by atoms with Gasteiger partial charge in [-0.2, -0.15) is 17.0 Å². The minimum absolute atomic E-state index is 0.0269. The van der Waals surface area contributed by atoms with E-state index in [2.05, 4.69) is 27.8 Å². The summed E-state index contributed by atoms with van der Waals surface area (Å²) in [6.45, 7) is 20.0. The van der Waals surface area contributed by atoms with Gasteiger partial charge in [-0.1, -0.05) is 74.3 Å². The topological polar surface area (TPSA) is 177 Å². The largest absolute Gasteiger partial charge is 0.346 e. The summed E-state index contributed by atoms with van der Waals surface area (Å²) in [5.74, 6) is -2.41. The number of hydrogen-bond acceptors (Lipinski definition) is 7. The van der Waals surface area contributed by atoms with Crippen LogP contribution in [0.15, 0.2) is 12.7 Å². The zero-order valence-corrected chi connectivity index (χ0v) is 32.3. The minimum atomic E-state index is -3.67. The van der Waals surface area contributed by atoms with Crippen molar-refractivity contribution in [2.24, 2.45) is 28.6 Å². The fourth-order valence-electron chi connectivity index (χ4n) is 6.65. The van der Waals surface area contributed by atoms with Crippen LogP contribution in [0.5, 0.6) is 0 Å². The van der Waals surface area contributed by atoms with Crippen molar-refractivity contribution >= 4 is 39.7 Å². The molecule has 0 aromatic heterocycles. The van der Waals surface area contributed by atoms with E-state index >= 15 is 0 Å². The third-order valence-electron chi connectivity index (χ3n) is 10.1. The number of Topliss-reactive ketones (excluding diaryl/α,β-unsaturated/α-hetero) is 1. The monoisotopic (exact) mass is 723 g/mol. The van der Waals surface area contributed by atoms with Crippen LogP contribution >= 0.6 is 0 Å². The first kappa shape index (κ1) is 41.4. The Morgan fingerprint density at radius 1 is 0.900 bits per heavy atom. The second-order valence-electron chi connectivity index (χ2n) is 16.7. The number of urea groups is 1. The van der Waals surface area contributed by atoms with Gasteiger partial charge in [-0.15, -0.1) is 6.58 Å². The summed E-state index contributed by atoms with van der Waals surface area (Å²) in [7, 11) is -2.13. The molecule has 284 valence electrons. The highest BCUT2D eigenvalue weighted by Crippen LogP contribution is 2.36. The van der Waals surface area contributed by atoms with Gasteiger partial charge >= 0.3 is 6.03 Å². The zero-order chi connectivity index (χ0) is 37.8. The molecule has 0 aromatic carbocycles. The molecule has 50 heavy (non-hydrogen) atoms. The minimum Gasteiger partial charge on any atom is -0.346 e. The summed E-state index contributed by atoms with van der Waals surface area (Å²) in [6.07, 6.45) is 4.86. The number of likely N-dealkylation sites (tertiary alicyclic amines) is 1. The van der Waals surface area contributed by atoms with Crippen LogP contribution in [0.3, 0.4) is 0 Å². The predicted octanol–water partition coefficient (Wildman–Crippen LogP) is 2.03. The lowest BCUT2D eigenvalue weighted by Crippen LogP contribution is -2.63. The van der Waals surface area contributed by atoms with Gasteiger partial charge in [-0.3, -0.25) is 19.2 Å². The molecule has 4 N–H and O–H groups in total. The SMILES string of the molecule is C=CCNC(=O)C(=O)C(CC1CC1)NC(=O)[C@@H]1[C@@H](C(C)C)CCN1C(=O)[C@@H](NC(=O)N[C@H](CN1CCCN(C)S1(=O)=O)C(C)(C)C)C(C)(C)C. The molecule has 5 atom stereocenters. The third kappa shape index (κ3) is 10.5. The maximum atomic E-state index is 14.4. The Hall–Kier alpha value is -3.04. The van der Waals surface area contributed by atoms with E-state index in [0.29, 0.717) is 32.4 Å². The fraction of sp³-hybridized carbons (Fsp3) is 0.800. The lowest BCUT2D eigenvalue weighted by molar-refractivity contribution is -0.144. The highest BCUT2D eigenvalue weighted by molar-refractivity contribution is 7.86. The van der Waals surface area contributed by atoms with E-state index in [-0.39, 0.29) is 37.4 Å². The molecule has 3 rings (SSSR count). The lowest BCUT2D eigenvalue weighted by atomic mass is 9.84. The Balaban J connectivity index is 1.83. The van der Waals surface area contributed by atoms with E-state index in [4.69, 9.17) is 0 Å². The van der Waals surface area contributed by atoms with Gasteiger partial charge in [-0.05, 0) is 47.8 Å². The van der Waals surface area contributed by atoms with Crippen LogP contribution in [0.25, 0.3) is 0 Å². The van der Waals surface area contributed by atoms with Crippen LogP contribution in [0, 0.1) is 28.6 Å². The summed E-state index contributed by atoms with van der Waals surface area (Å²) < 4.78 is 28.7. The number of nitrogens with one attached hydrogen (secondary N) is 4. The summed E-state index contributed by atoms with van der Waals surface area (Å²) in [5, 5.41) is 11.2. The van der Waals surface area contributed by atoms with Gasteiger partial charge in [-0.25, -0.2) is 4.79 Å². The normalized spacial score (nSPS) is 23.4. The van der Waals surface area contributed by atoms with E-state index in [1.54, 1.807) is 0 Å². The Morgan fingerprint density at radius 3 is 2.08 bits per heavy atom. The number of rotatable bonds is 14. The van der Waals surface area contributed by atoms with Crippen LogP contribution in [0.2, 0.25) is 0 Å². The zero-order valence-electron chi connectivity index (χ0n) is 31.5. The van der Waals surface area contributed by atoms with E-state index in [0.717, 1.165) is 12.8 Å². The highest BCUT2D eigenvalue weighted by atomic mass is 32.2. The van der Waals surface area contributed by atoms with Crippen LogP contribution in [0.4, 0.5) is 4.79 Å². The molecule has 3 fully saturated rings. The van der Waals surface area contributed by atoms with E-state index in [1.165, 1.54) is 26.6 Å². The molecule has 5 amide bonds. The number of carbonyl (C=O) groups is 5. The summed E-state index contributed by atoms with van der Waals surface area (Å²) >= 11 is 0. The molecule has 2 heterocycles. The summed E-state index contributed by atoms with van der Waals surface area (Å²) in [5.41, 5.74) is -1.29. The Bertz CT molecular complexity index is 1380. The molecule has 0 radical (unpaired) electrons. The number of nitrogens with zero attached hydrogens (tertiary/aromatic N) is 3. The molecular weight excluding hydrogens is 662 g/mol. The van der Waals surface area contributed by atoms with E-state index in [9.17, 15) is 32.4 Å². The smallest absolute Gasteiger partial charge is 0.315 e. The Kier molecular flexibility index (Phi) is 13.7. The van der Waals surface area contributed by atoms with Crippen LogP contribution < -0.4 is 21.3 Å². The molecule has 0 aromatic rings. The first-order valence-electron chi connectivity index (χ1n) is 17.9. The summed E-state index contributed by atoms with van der Waals surface area (Å²) in [4.78, 5) is 69.4. The average Bonchev–Trinajstić information content (AvgIpc) is 3.71. The average molecular weight is 724 g/mol. The van der Waals surface area contributed by atoms with Gasteiger partial charge in [0.05, 0.1) is 6.04 Å². The molecule has 0 bridgehead atoms. The maximum absolute atomic E-state index is 14.4. The number of carbonyl (C=O) groups excluding carboxylic acids is 5. The first-order valence-corrected chi connectivity index (χ1v) is 19.3. The maximum Gasteiger partial charge on any atom is 0.315 e.